The molecule has 0 aromatic rings. The van der Waals surface area contributed by atoms with Gasteiger partial charge in [-0.1, -0.05) is 6.08 Å². The van der Waals surface area contributed by atoms with E-state index in [1.54, 1.807) is 0 Å². The van der Waals surface area contributed by atoms with Crippen molar-refractivity contribution in [3.63, 3.8) is 0 Å². The molecule has 0 spiro atoms. The molecule has 0 bridgehead atoms. The van der Waals surface area contributed by atoms with Crippen molar-refractivity contribution in [2.45, 2.75) is 31.2 Å². The summed E-state index contributed by atoms with van der Waals surface area (Å²) in [6.07, 6.45) is -5.76. The molecule has 0 saturated carbocycles. The first-order valence-electron chi connectivity index (χ1n) is 5.52. The summed E-state index contributed by atoms with van der Waals surface area (Å²) < 4.78 is 37.8. The van der Waals surface area contributed by atoms with Gasteiger partial charge in [-0.25, -0.2) is 0 Å². The lowest BCUT2D eigenvalue weighted by atomic mass is 9.84. The fourth-order valence-electron chi connectivity index (χ4n) is 2.21. The Kier molecular flexibility index (Phi) is 3.29. The van der Waals surface area contributed by atoms with Gasteiger partial charge in [0.1, 0.15) is 0 Å². The van der Waals surface area contributed by atoms with Crippen LogP contribution in [0.2, 0.25) is 0 Å². The van der Waals surface area contributed by atoms with Crippen molar-refractivity contribution in [1.29, 1.82) is 0 Å². The van der Waals surface area contributed by atoms with Crippen LogP contribution in [-0.4, -0.2) is 30.2 Å². The summed E-state index contributed by atoms with van der Waals surface area (Å²) >= 11 is 0. The predicted molar refractivity (Wildman–Crippen MR) is 56.5 cm³/mol. The summed E-state index contributed by atoms with van der Waals surface area (Å²) in [4.78, 5) is 33.6. The first-order chi connectivity index (χ1) is 8.82. The van der Waals surface area contributed by atoms with Gasteiger partial charge in [-0.2, -0.15) is 13.2 Å². The average molecular weight is 277 g/mol. The molecule has 0 radical (unpaired) electrons. The second kappa shape index (κ2) is 4.63. The number of hydrogen-bond acceptors (Lipinski definition) is 4. The van der Waals surface area contributed by atoms with Gasteiger partial charge in [-0.3, -0.25) is 9.59 Å². The van der Waals surface area contributed by atoms with E-state index in [2.05, 4.69) is 15.8 Å². The Morgan fingerprint density at radius 3 is 2.47 bits per heavy atom. The van der Waals surface area contributed by atoms with Gasteiger partial charge in [0.05, 0.1) is 5.92 Å². The maximum absolute atomic E-state index is 12.6. The quantitative estimate of drug-likeness (QED) is 0.543. The maximum atomic E-state index is 12.6. The number of carbonyl (C=O) groups excluding carboxylic acids is 2. The zero-order valence-electron chi connectivity index (χ0n) is 9.53. The van der Waals surface area contributed by atoms with Crippen molar-refractivity contribution < 1.29 is 22.8 Å². The molecule has 19 heavy (non-hydrogen) atoms. The third-order valence-corrected chi connectivity index (χ3v) is 3.20. The number of carbonyl (C=O) groups is 2. The first kappa shape index (κ1) is 13.5. The van der Waals surface area contributed by atoms with Crippen molar-refractivity contribution in [3.05, 3.63) is 16.6 Å². The molecule has 104 valence electrons. The topological polar surface area (TPSA) is 87.6 Å². The van der Waals surface area contributed by atoms with Crippen LogP contribution in [0.3, 0.4) is 0 Å². The predicted octanol–water partition coefficient (Wildman–Crippen LogP) is 0.592. The lowest BCUT2D eigenvalue weighted by molar-refractivity contribution is -0.128. The third-order valence-electron chi connectivity index (χ3n) is 3.20. The van der Waals surface area contributed by atoms with Crippen LogP contribution >= 0.6 is 0 Å². The monoisotopic (exact) mass is 277 g/mol. The van der Waals surface area contributed by atoms with Crippen LogP contribution in [0.5, 0.6) is 0 Å². The molecule has 3 unspecified atom stereocenters. The normalized spacial score (nSPS) is 31.5. The van der Waals surface area contributed by atoms with E-state index < -0.39 is 48.1 Å². The number of nitrogens with zero attached hydrogens (tertiary/aromatic N) is 1. The smallest absolute Gasteiger partial charge is 0.349 e. The van der Waals surface area contributed by atoms with E-state index in [-0.39, 0.29) is 6.42 Å². The van der Waals surface area contributed by atoms with E-state index in [0.29, 0.717) is 0 Å². The molecule has 1 saturated heterocycles. The molecule has 1 aliphatic carbocycles. The maximum Gasteiger partial charge on any atom is 0.412 e. The molecule has 6 nitrogen and oxygen atoms in total. The Hall–Kier alpha value is -1.93. The molecular formula is C10H10F3N3O3. The summed E-state index contributed by atoms with van der Waals surface area (Å²) in [6.45, 7) is 0. The van der Waals surface area contributed by atoms with E-state index >= 15 is 0 Å². The number of alkyl halides is 3. The second-order valence-corrected chi connectivity index (χ2v) is 4.41. The van der Waals surface area contributed by atoms with Gasteiger partial charge in [0, 0.05) is 11.6 Å². The van der Waals surface area contributed by atoms with Crippen molar-refractivity contribution in [2.24, 2.45) is 11.1 Å². The van der Waals surface area contributed by atoms with Crippen LogP contribution in [0.4, 0.5) is 13.2 Å². The molecule has 2 N–H and O–H groups in total. The highest BCUT2D eigenvalue weighted by molar-refractivity contribution is 5.91. The van der Waals surface area contributed by atoms with Gasteiger partial charge in [0.25, 0.3) is 5.91 Å². The zero-order valence-corrected chi connectivity index (χ0v) is 9.53. The molecule has 2 aliphatic rings. The van der Waals surface area contributed by atoms with Crippen LogP contribution in [0, 0.1) is 10.8 Å². The fraction of sp³-hybridized carbons (Fsp3) is 0.600. The number of amides is 2. The van der Waals surface area contributed by atoms with Crippen LogP contribution in [0.15, 0.2) is 16.8 Å². The number of nitrogens with one attached hydrogen (secondary N) is 2. The van der Waals surface area contributed by atoms with E-state index in [9.17, 15) is 27.7 Å². The van der Waals surface area contributed by atoms with Gasteiger partial charge in [-0.15, -0.1) is 4.91 Å². The largest absolute Gasteiger partial charge is 0.412 e. The van der Waals surface area contributed by atoms with E-state index in [1.165, 1.54) is 0 Å². The number of allylic oxidation sites excluding steroid dienone is 1. The number of hydrogen-bond donors (Lipinski definition) is 2. The van der Waals surface area contributed by atoms with Crippen molar-refractivity contribution in [1.82, 2.24) is 10.6 Å². The van der Waals surface area contributed by atoms with Crippen LogP contribution in [0.1, 0.15) is 12.8 Å². The fourth-order valence-corrected chi connectivity index (χ4v) is 2.21. The first-order valence-corrected chi connectivity index (χ1v) is 5.52. The van der Waals surface area contributed by atoms with Crippen LogP contribution < -0.4 is 10.6 Å². The average Bonchev–Trinajstić information content (AvgIpc) is 2.45. The van der Waals surface area contributed by atoms with Crippen molar-refractivity contribution in [2.75, 3.05) is 0 Å². The molecule has 9 heteroatoms. The molecule has 1 aliphatic heterocycles. The second-order valence-electron chi connectivity index (χ2n) is 4.41. The summed E-state index contributed by atoms with van der Waals surface area (Å²) in [5.74, 6) is -2.36. The lowest BCUT2D eigenvalue weighted by Crippen LogP contribution is -2.44. The van der Waals surface area contributed by atoms with Gasteiger partial charge in [-0.05, 0) is 18.0 Å². The Morgan fingerprint density at radius 1 is 1.21 bits per heavy atom. The van der Waals surface area contributed by atoms with Gasteiger partial charge in [0.15, 0.2) is 0 Å². The van der Waals surface area contributed by atoms with Gasteiger partial charge >= 0.3 is 6.18 Å². The Balaban J connectivity index is 2.24. The number of halogens is 3. The van der Waals surface area contributed by atoms with Crippen molar-refractivity contribution in [3.8, 4) is 0 Å². The molecule has 0 aromatic carbocycles. The molecular weight excluding hydrogens is 267 g/mol. The Labute approximate surface area is 105 Å². The van der Waals surface area contributed by atoms with Gasteiger partial charge < -0.3 is 10.6 Å². The molecule has 1 heterocycles. The van der Waals surface area contributed by atoms with Crippen LogP contribution in [-0.2, 0) is 9.59 Å². The van der Waals surface area contributed by atoms with Crippen LogP contribution in [0.25, 0.3) is 0 Å². The minimum Gasteiger partial charge on any atom is -0.349 e. The molecule has 3 atom stereocenters. The Morgan fingerprint density at radius 2 is 1.89 bits per heavy atom. The van der Waals surface area contributed by atoms with E-state index in [4.69, 9.17) is 0 Å². The van der Waals surface area contributed by atoms with E-state index in [1.807, 2.05) is 0 Å². The standard InChI is InChI=1S/C10H10F3N3O3/c11-10(12,13)4-1-2-5-6(3-4)14-9(18)7(16-19)15-8(5)17/h1,5-7H,2-3H2,(H,14,18)(H,15,17). The number of nitroso groups, excluding NO2 is 1. The number of fused-ring (bicyclic) bond motifs is 1. The highest BCUT2D eigenvalue weighted by atomic mass is 19.4. The minimum absolute atomic E-state index is 0.142. The molecule has 1 fully saturated rings. The summed E-state index contributed by atoms with van der Waals surface area (Å²) in [5, 5.41) is 6.78. The SMILES string of the molecule is O=NC1NC(=O)C2CC=C(C(F)(F)F)CC2NC1=O. The van der Waals surface area contributed by atoms with Crippen molar-refractivity contribution >= 4 is 11.8 Å². The molecule has 2 rings (SSSR count). The van der Waals surface area contributed by atoms with Gasteiger partial charge in [0.2, 0.25) is 12.1 Å². The summed E-state index contributed by atoms with van der Waals surface area (Å²) in [6, 6.07) is -0.971. The Bertz CT molecular complexity index is 461. The number of rotatable bonds is 1. The lowest BCUT2D eigenvalue weighted by Gasteiger charge is -2.29. The summed E-state index contributed by atoms with van der Waals surface area (Å²) in [7, 11) is 0. The molecule has 0 aromatic heterocycles. The highest BCUT2D eigenvalue weighted by Crippen LogP contribution is 2.35. The minimum atomic E-state index is -4.49. The summed E-state index contributed by atoms with van der Waals surface area (Å²) in [5.41, 5.74) is -0.778. The third kappa shape index (κ3) is 2.59. The molecule has 2 amide bonds. The zero-order chi connectivity index (χ0) is 14.2. The highest BCUT2D eigenvalue weighted by Gasteiger charge is 2.44. The van der Waals surface area contributed by atoms with E-state index in [0.717, 1.165) is 6.08 Å².